The van der Waals surface area contributed by atoms with Crippen LogP contribution in [0.25, 0.3) is 0 Å². The first kappa shape index (κ1) is 18.1. The molecule has 0 spiro atoms. The third-order valence-corrected chi connectivity index (χ3v) is 5.53. The molecule has 0 aliphatic carbocycles. The Labute approximate surface area is 157 Å². The Kier molecular flexibility index (Phi) is 6.24. The van der Waals surface area contributed by atoms with Gasteiger partial charge in [0, 0.05) is 41.1 Å². The number of hydrogen-bond donors (Lipinski definition) is 1. The highest BCUT2D eigenvalue weighted by atomic mass is 35.5. The van der Waals surface area contributed by atoms with Crippen LogP contribution >= 0.6 is 23.4 Å². The molecule has 3 rings (SSSR count). The predicted molar refractivity (Wildman–Crippen MR) is 103 cm³/mol. The summed E-state index contributed by atoms with van der Waals surface area (Å²) in [7, 11) is 1.67. The number of halogens is 1. The van der Waals surface area contributed by atoms with Gasteiger partial charge in [0.2, 0.25) is 0 Å². The number of nitrogens with one attached hydrogen (secondary N) is 1. The average Bonchev–Trinajstić information content (AvgIpc) is 3.05. The summed E-state index contributed by atoms with van der Waals surface area (Å²) in [5.41, 5.74) is 1.88. The first-order valence-electron chi connectivity index (χ1n) is 8.20. The number of methoxy groups -OCH3 is 1. The fourth-order valence-electron chi connectivity index (χ4n) is 2.80. The lowest BCUT2D eigenvalue weighted by Gasteiger charge is -2.17. The van der Waals surface area contributed by atoms with Crippen molar-refractivity contribution in [1.29, 1.82) is 0 Å². The van der Waals surface area contributed by atoms with Crippen LogP contribution in [0.1, 0.15) is 12.0 Å². The quantitative estimate of drug-likeness (QED) is 0.808. The lowest BCUT2D eigenvalue weighted by molar-refractivity contribution is 0.185. The summed E-state index contributed by atoms with van der Waals surface area (Å²) < 4.78 is 5.09. The maximum atomic E-state index is 12.4. The Bertz CT molecular complexity index is 724. The summed E-state index contributed by atoms with van der Waals surface area (Å²) in [6.07, 6.45) is 0.984. The topological polar surface area (TPSA) is 41.6 Å². The van der Waals surface area contributed by atoms with Gasteiger partial charge in [0.15, 0.2) is 0 Å². The first-order chi connectivity index (χ1) is 12.1. The van der Waals surface area contributed by atoms with Crippen LogP contribution in [0.3, 0.4) is 0 Å². The molecule has 1 aliphatic rings. The average molecular weight is 377 g/mol. The number of carbonyl (C=O) groups is 1. The SMILES string of the molecule is COCc1ccc(NC(=O)N2CCC(Sc3cccc(Cl)c3)C2)cc1. The van der Waals surface area contributed by atoms with Crippen molar-refractivity contribution in [2.45, 2.75) is 23.2 Å². The summed E-state index contributed by atoms with van der Waals surface area (Å²) in [6, 6.07) is 15.5. The zero-order valence-electron chi connectivity index (χ0n) is 14.1. The molecule has 4 nitrogen and oxygen atoms in total. The zero-order valence-corrected chi connectivity index (χ0v) is 15.6. The number of ether oxygens (including phenoxy) is 1. The molecule has 1 N–H and O–H groups in total. The molecule has 1 aliphatic heterocycles. The normalized spacial score (nSPS) is 16.9. The Morgan fingerprint density at radius 3 is 2.84 bits per heavy atom. The van der Waals surface area contributed by atoms with Crippen molar-refractivity contribution in [1.82, 2.24) is 4.90 Å². The molecule has 2 aromatic rings. The van der Waals surface area contributed by atoms with Crippen molar-refractivity contribution in [2.75, 3.05) is 25.5 Å². The molecular weight excluding hydrogens is 356 g/mol. The molecule has 1 saturated heterocycles. The van der Waals surface area contributed by atoms with Crippen molar-refractivity contribution < 1.29 is 9.53 Å². The molecule has 1 unspecified atom stereocenters. The Balaban J connectivity index is 1.51. The van der Waals surface area contributed by atoms with Crippen molar-refractivity contribution in [3.05, 3.63) is 59.1 Å². The second kappa shape index (κ2) is 8.61. The molecular formula is C19H21ClN2O2S. The number of amides is 2. The van der Waals surface area contributed by atoms with Crippen molar-refractivity contribution >= 4 is 35.1 Å². The minimum absolute atomic E-state index is 0.0475. The molecule has 0 radical (unpaired) electrons. The standard InChI is InChI=1S/C19H21ClN2O2S/c1-24-13-14-5-7-16(8-6-14)21-19(23)22-10-9-18(12-22)25-17-4-2-3-15(20)11-17/h2-8,11,18H,9-10,12-13H2,1H3,(H,21,23). The zero-order chi connectivity index (χ0) is 17.6. The summed E-state index contributed by atoms with van der Waals surface area (Å²) >= 11 is 7.82. The maximum absolute atomic E-state index is 12.4. The highest BCUT2D eigenvalue weighted by Gasteiger charge is 2.27. The van der Waals surface area contributed by atoms with Gasteiger partial charge < -0.3 is 15.0 Å². The number of benzene rings is 2. The molecule has 2 aromatic carbocycles. The van der Waals surface area contributed by atoms with Gasteiger partial charge in [0.1, 0.15) is 0 Å². The number of nitrogens with zero attached hydrogens (tertiary/aromatic N) is 1. The number of thioether (sulfide) groups is 1. The number of anilines is 1. The van der Waals surface area contributed by atoms with Crippen LogP contribution in [0.15, 0.2) is 53.4 Å². The molecule has 0 saturated carbocycles. The highest BCUT2D eigenvalue weighted by molar-refractivity contribution is 8.00. The van der Waals surface area contributed by atoms with Gasteiger partial charge in [-0.15, -0.1) is 11.8 Å². The van der Waals surface area contributed by atoms with E-state index in [9.17, 15) is 4.79 Å². The molecule has 0 aromatic heterocycles. The number of rotatable bonds is 5. The fourth-order valence-corrected chi connectivity index (χ4v) is 4.26. The molecule has 0 bridgehead atoms. The van der Waals surface area contributed by atoms with Crippen molar-refractivity contribution in [3.8, 4) is 0 Å². The van der Waals surface area contributed by atoms with Crippen LogP contribution in [0, 0.1) is 0 Å². The van der Waals surface area contributed by atoms with Crippen LogP contribution in [0.2, 0.25) is 5.02 Å². The van der Waals surface area contributed by atoms with Crippen LogP contribution in [0.4, 0.5) is 10.5 Å². The van der Waals surface area contributed by atoms with E-state index in [0.29, 0.717) is 11.9 Å². The third kappa shape index (κ3) is 5.14. The summed E-state index contributed by atoms with van der Waals surface area (Å²) in [6.45, 7) is 2.08. The van der Waals surface area contributed by atoms with Gasteiger partial charge in [0.25, 0.3) is 0 Å². The summed E-state index contributed by atoms with van der Waals surface area (Å²) in [4.78, 5) is 15.5. The van der Waals surface area contributed by atoms with Crippen LogP contribution in [-0.4, -0.2) is 36.4 Å². The maximum Gasteiger partial charge on any atom is 0.321 e. The van der Waals surface area contributed by atoms with Gasteiger partial charge in [-0.05, 0) is 42.3 Å². The molecule has 132 valence electrons. The van der Waals surface area contributed by atoms with E-state index in [1.807, 2.05) is 47.4 Å². The molecule has 6 heteroatoms. The Hall–Kier alpha value is -1.69. The number of urea groups is 1. The molecule has 25 heavy (non-hydrogen) atoms. The molecule has 2 amide bonds. The largest absolute Gasteiger partial charge is 0.380 e. The first-order valence-corrected chi connectivity index (χ1v) is 9.46. The minimum Gasteiger partial charge on any atom is -0.380 e. The number of hydrogen-bond acceptors (Lipinski definition) is 3. The Morgan fingerprint density at radius 1 is 1.32 bits per heavy atom. The van der Waals surface area contributed by atoms with Crippen LogP contribution in [-0.2, 0) is 11.3 Å². The molecule has 1 heterocycles. The van der Waals surface area contributed by atoms with E-state index in [-0.39, 0.29) is 6.03 Å². The van der Waals surface area contributed by atoms with E-state index in [1.54, 1.807) is 18.9 Å². The monoisotopic (exact) mass is 376 g/mol. The number of carbonyl (C=O) groups excluding carboxylic acids is 1. The van der Waals surface area contributed by atoms with E-state index in [0.717, 1.165) is 40.7 Å². The second-order valence-electron chi connectivity index (χ2n) is 5.99. The predicted octanol–water partition coefficient (Wildman–Crippen LogP) is 4.88. The van der Waals surface area contributed by atoms with Gasteiger partial charge in [-0.2, -0.15) is 0 Å². The van der Waals surface area contributed by atoms with E-state index in [4.69, 9.17) is 16.3 Å². The van der Waals surface area contributed by atoms with Crippen molar-refractivity contribution in [3.63, 3.8) is 0 Å². The fraction of sp³-hybridized carbons (Fsp3) is 0.316. The van der Waals surface area contributed by atoms with Gasteiger partial charge in [-0.1, -0.05) is 29.8 Å². The van der Waals surface area contributed by atoms with E-state index in [1.165, 1.54) is 0 Å². The van der Waals surface area contributed by atoms with Gasteiger partial charge in [-0.25, -0.2) is 4.79 Å². The lowest BCUT2D eigenvalue weighted by Crippen LogP contribution is -2.33. The van der Waals surface area contributed by atoms with Crippen molar-refractivity contribution in [2.24, 2.45) is 0 Å². The summed E-state index contributed by atoms with van der Waals surface area (Å²) in [5.74, 6) is 0. The van der Waals surface area contributed by atoms with Gasteiger partial charge in [-0.3, -0.25) is 0 Å². The Morgan fingerprint density at radius 2 is 2.12 bits per heavy atom. The molecule has 1 atom stereocenters. The number of likely N-dealkylation sites (tertiary alicyclic amines) is 1. The van der Waals surface area contributed by atoms with Gasteiger partial charge in [0.05, 0.1) is 6.61 Å². The van der Waals surface area contributed by atoms with Crippen LogP contribution < -0.4 is 5.32 Å². The second-order valence-corrected chi connectivity index (χ2v) is 7.80. The van der Waals surface area contributed by atoms with Gasteiger partial charge >= 0.3 is 6.03 Å². The lowest BCUT2D eigenvalue weighted by atomic mass is 10.2. The summed E-state index contributed by atoms with van der Waals surface area (Å²) in [5, 5.41) is 4.10. The highest BCUT2D eigenvalue weighted by Crippen LogP contribution is 2.31. The van der Waals surface area contributed by atoms with E-state index >= 15 is 0 Å². The molecule has 1 fully saturated rings. The van der Waals surface area contributed by atoms with E-state index < -0.39 is 0 Å². The third-order valence-electron chi connectivity index (χ3n) is 4.05. The van der Waals surface area contributed by atoms with Crippen LogP contribution in [0.5, 0.6) is 0 Å². The minimum atomic E-state index is -0.0475. The smallest absolute Gasteiger partial charge is 0.321 e. The van der Waals surface area contributed by atoms with E-state index in [2.05, 4.69) is 11.4 Å².